The molecule has 1 aromatic heterocycles. The second kappa shape index (κ2) is 6.16. The molecule has 1 atom stereocenters. The van der Waals surface area contributed by atoms with Crippen molar-refractivity contribution in [3.8, 4) is 0 Å². The summed E-state index contributed by atoms with van der Waals surface area (Å²) in [6, 6.07) is 15.3. The minimum absolute atomic E-state index is 0.0507. The molecule has 0 spiro atoms. The topological polar surface area (TPSA) is 54.9 Å². The molecule has 1 heterocycles. The fourth-order valence-corrected chi connectivity index (χ4v) is 2.48. The van der Waals surface area contributed by atoms with Crippen LogP contribution in [0.15, 0.2) is 48.5 Å². The number of aryl methyl sites for hydroxylation is 2. The van der Waals surface area contributed by atoms with Gasteiger partial charge in [-0.15, -0.1) is 0 Å². The largest absolute Gasteiger partial charge is 0.346 e. The number of carbonyl (C=O) groups is 1. The number of fused-ring (bicyclic) bond motifs is 1. The number of rotatable bonds is 3. The van der Waals surface area contributed by atoms with Crippen LogP contribution in [0.2, 0.25) is 0 Å². The Bertz CT molecular complexity index is 859. The summed E-state index contributed by atoms with van der Waals surface area (Å²) in [5.41, 5.74) is 5.01. The van der Waals surface area contributed by atoms with Gasteiger partial charge in [0.25, 0.3) is 5.91 Å². The number of benzene rings is 2. The van der Waals surface area contributed by atoms with E-state index in [1.807, 2.05) is 57.2 Å². The number of carbonyl (C=O) groups excluding carboxylic acids is 1. The second-order valence-electron chi connectivity index (χ2n) is 5.70. The zero-order valence-electron chi connectivity index (χ0n) is 13.5. The van der Waals surface area contributed by atoms with Crippen LogP contribution in [0.3, 0.4) is 0 Å². The molecule has 0 bridgehead atoms. The molecular formula is C19H19N3O. The third-order valence-electron chi connectivity index (χ3n) is 3.98. The standard InChI is InChI=1S/C19H19N3O/c1-12-13(2)21-18-11-16(9-10-17(18)20-12)19(23)22-14(3)15-7-5-4-6-8-15/h4-11,14H,1-3H3,(H,22,23)/t14-/m0/s1. The first-order valence-electron chi connectivity index (χ1n) is 7.65. The van der Waals surface area contributed by atoms with Gasteiger partial charge in [-0.05, 0) is 44.5 Å². The minimum Gasteiger partial charge on any atom is -0.346 e. The average molecular weight is 305 g/mol. The van der Waals surface area contributed by atoms with E-state index in [9.17, 15) is 4.79 Å². The van der Waals surface area contributed by atoms with Crippen LogP contribution in [0.1, 0.15) is 40.3 Å². The summed E-state index contributed by atoms with van der Waals surface area (Å²) < 4.78 is 0. The van der Waals surface area contributed by atoms with Crippen LogP contribution in [0.4, 0.5) is 0 Å². The van der Waals surface area contributed by atoms with Gasteiger partial charge in [-0.2, -0.15) is 0 Å². The van der Waals surface area contributed by atoms with E-state index < -0.39 is 0 Å². The lowest BCUT2D eigenvalue weighted by Gasteiger charge is -2.14. The third-order valence-corrected chi connectivity index (χ3v) is 3.98. The minimum atomic E-state index is -0.108. The van der Waals surface area contributed by atoms with Gasteiger partial charge < -0.3 is 5.32 Å². The highest BCUT2D eigenvalue weighted by Crippen LogP contribution is 2.16. The first kappa shape index (κ1) is 15.2. The van der Waals surface area contributed by atoms with Gasteiger partial charge in [0.05, 0.1) is 28.5 Å². The van der Waals surface area contributed by atoms with Gasteiger partial charge in [0.15, 0.2) is 0 Å². The average Bonchev–Trinajstić information content (AvgIpc) is 2.56. The van der Waals surface area contributed by atoms with Gasteiger partial charge in [0.2, 0.25) is 0 Å². The van der Waals surface area contributed by atoms with Crippen molar-refractivity contribution < 1.29 is 4.79 Å². The zero-order valence-corrected chi connectivity index (χ0v) is 13.5. The molecule has 23 heavy (non-hydrogen) atoms. The van der Waals surface area contributed by atoms with Crippen molar-refractivity contribution in [1.29, 1.82) is 0 Å². The number of aromatic nitrogens is 2. The maximum absolute atomic E-state index is 12.5. The van der Waals surface area contributed by atoms with Crippen molar-refractivity contribution in [2.45, 2.75) is 26.8 Å². The van der Waals surface area contributed by atoms with E-state index in [0.29, 0.717) is 5.56 Å². The highest BCUT2D eigenvalue weighted by molar-refractivity contribution is 5.97. The van der Waals surface area contributed by atoms with Gasteiger partial charge in [-0.1, -0.05) is 30.3 Å². The number of hydrogen-bond donors (Lipinski definition) is 1. The van der Waals surface area contributed by atoms with Crippen molar-refractivity contribution in [2.24, 2.45) is 0 Å². The van der Waals surface area contributed by atoms with Gasteiger partial charge in [-0.3, -0.25) is 4.79 Å². The molecule has 0 fully saturated rings. The summed E-state index contributed by atoms with van der Waals surface area (Å²) >= 11 is 0. The summed E-state index contributed by atoms with van der Waals surface area (Å²) in [4.78, 5) is 21.5. The Hall–Kier alpha value is -2.75. The third kappa shape index (κ3) is 3.21. The van der Waals surface area contributed by atoms with Crippen molar-refractivity contribution in [3.05, 3.63) is 71.0 Å². The van der Waals surface area contributed by atoms with E-state index in [4.69, 9.17) is 0 Å². The highest BCUT2D eigenvalue weighted by atomic mass is 16.1. The van der Waals surface area contributed by atoms with Crippen LogP contribution in [-0.4, -0.2) is 15.9 Å². The SMILES string of the molecule is Cc1nc2ccc(C(=O)N[C@@H](C)c3ccccc3)cc2nc1C. The molecule has 0 radical (unpaired) electrons. The van der Waals surface area contributed by atoms with Crippen LogP contribution < -0.4 is 5.32 Å². The molecule has 0 unspecified atom stereocenters. The van der Waals surface area contributed by atoms with Crippen LogP contribution in [0.25, 0.3) is 11.0 Å². The van der Waals surface area contributed by atoms with E-state index in [1.165, 1.54) is 0 Å². The maximum atomic E-state index is 12.5. The Kier molecular flexibility index (Phi) is 4.06. The lowest BCUT2D eigenvalue weighted by atomic mass is 10.1. The molecular weight excluding hydrogens is 286 g/mol. The second-order valence-corrected chi connectivity index (χ2v) is 5.70. The Morgan fingerprint density at radius 2 is 1.61 bits per heavy atom. The van der Waals surface area contributed by atoms with E-state index in [0.717, 1.165) is 28.0 Å². The van der Waals surface area contributed by atoms with Crippen molar-refractivity contribution in [1.82, 2.24) is 15.3 Å². The number of nitrogens with one attached hydrogen (secondary N) is 1. The van der Waals surface area contributed by atoms with Crippen molar-refractivity contribution >= 4 is 16.9 Å². The Morgan fingerprint density at radius 1 is 0.957 bits per heavy atom. The summed E-state index contributed by atoms with van der Waals surface area (Å²) in [5.74, 6) is -0.108. The molecule has 1 N–H and O–H groups in total. The quantitative estimate of drug-likeness (QED) is 0.802. The Morgan fingerprint density at radius 3 is 2.30 bits per heavy atom. The molecule has 4 heteroatoms. The smallest absolute Gasteiger partial charge is 0.251 e. The Balaban J connectivity index is 1.85. The number of amides is 1. The van der Waals surface area contributed by atoms with Gasteiger partial charge >= 0.3 is 0 Å². The molecule has 0 saturated heterocycles. The van der Waals surface area contributed by atoms with E-state index in [1.54, 1.807) is 12.1 Å². The number of hydrogen-bond acceptors (Lipinski definition) is 3. The predicted molar refractivity (Wildman–Crippen MR) is 91.3 cm³/mol. The predicted octanol–water partition coefficient (Wildman–Crippen LogP) is 3.74. The van der Waals surface area contributed by atoms with Crippen molar-refractivity contribution in [2.75, 3.05) is 0 Å². The molecule has 0 aliphatic carbocycles. The van der Waals surface area contributed by atoms with E-state index in [2.05, 4.69) is 15.3 Å². The summed E-state index contributed by atoms with van der Waals surface area (Å²) in [7, 11) is 0. The zero-order chi connectivity index (χ0) is 16.4. The van der Waals surface area contributed by atoms with Gasteiger partial charge in [0, 0.05) is 5.56 Å². The van der Waals surface area contributed by atoms with E-state index in [-0.39, 0.29) is 11.9 Å². The molecule has 3 rings (SSSR count). The monoisotopic (exact) mass is 305 g/mol. The van der Waals surface area contributed by atoms with Crippen LogP contribution >= 0.6 is 0 Å². The molecule has 2 aromatic carbocycles. The summed E-state index contributed by atoms with van der Waals surface area (Å²) in [6.45, 7) is 5.83. The van der Waals surface area contributed by atoms with Gasteiger partial charge in [0.1, 0.15) is 0 Å². The fourth-order valence-electron chi connectivity index (χ4n) is 2.48. The summed E-state index contributed by atoms with van der Waals surface area (Å²) in [5, 5.41) is 3.02. The molecule has 1 amide bonds. The normalized spacial score (nSPS) is 12.1. The Labute approximate surface area is 135 Å². The lowest BCUT2D eigenvalue weighted by molar-refractivity contribution is 0.0940. The molecule has 0 aliphatic rings. The van der Waals surface area contributed by atoms with Gasteiger partial charge in [-0.25, -0.2) is 9.97 Å². The van der Waals surface area contributed by atoms with Crippen molar-refractivity contribution in [3.63, 3.8) is 0 Å². The van der Waals surface area contributed by atoms with Crippen LogP contribution in [0.5, 0.6) is 0 Å². The first-order valence-corrected chi connectivity index (χ1v) is 7.65. The fraction of sp³-hybridized carbons (Fsp3) is 0.211. The van der Waals surface area contributed by atoms with Crippen LogP contribution in [0, 0.1) is 13.8 Å². The summed E-state index contributed by atoms with van der Waals surface area (Å²) in [6.07, 6.45) is 0. The van der Waals surface area contributed by atoms with Crippen LogP contribution in [-0.2, 0) is 0 Å². The molecule has 0 saturated carbocycles. The molecule has 0 aliphatic heterocycles. The van der Waals surface area contributed by atoms with E-state index >= 15 is 0 Å². The molecule has 3 aromatic rings. The number of nitrogens with zero attached hydrogens (tertiary/aromatic N) is 2. The lowest BCUT2D eigenvalue weighted by Crippen LogP contribution is -2.26. The highest BCUT2D eigenvalue weighted by Gasteiger charge is 2.12. The first-order chi connectivity index (χ1) is 11.0. The molecule has 116 valence electrons. The molecule has 4 nitrogen and oxygen atoms in total. The maximum Gasteiger partial charge on any atom is 0.251 e.